The Morgan fingerprint density at radius 2 is 1.92 bits per heavy atom. The number of thiazole rings is 1. The number of carbonyl (C=O) groups is 2. The SMILES string of the molecule is CC12CCC(CC1=O)C2(C)C.O=C1C=c2ccccc2=N1.c1cscn1. The lowest BCUT2D eigenvalue weighted by Gasteiger charge is -2.32. The van der Waals surface area contributed by atoms with Gasteiger partial charge in [-0.05, 0) is 30.2 Å². The third-order valence-corrected chi connectivity index (χ3v) is 6.80. The Hall–Kier alpha value is -2.14. The molecule has 5 rings (SSSR count). The molecule has 1 aromatic carbocycles. The predicted molar refractivity (Wildman–Crippen MR) is 103 cm³/mol. The third kappa shape index (κ3) is 3.40. The molecule has 1 amide bonds. The van der Waals surface area contributed by atoms with Crippen molar-refractivity contribution < 1.29 is 9.59 Å². The number of rotatable bonds is 0. The summed E-state index contributed by atoms with van der Waals surface area (Å²) in [5.74, 6) is 1.04. The highest BCUT2D eigenvalue weighted by Gasteiger charge is 2.61. The van der Waals surface area contributed by atoms with Gasteiger partial charge in [0.15, 0.2) is 0 Å². The summed E-state index contributed by atoms with van der Waals surface area (Å²) < 4.78 is 0. The number of benzene rings is 1. The average Bonchev–Trinajstić information content (AvgIpc) is 3.35. The second-order valence-electron chi connectivity index (χ2n) is 7.75. The molecule has 0 saturated heterocycles. The number of fused-ring (bicyclic) bond motifs is 3. The number of nitrogens with zero attached hydrogens (tertiary/aromatic N) is 2. The predicted octanol–water partition coefficient (Wildman–Crippen LogP) is 3.17. The van der Waals surface area contributed by atoms with Crippen LogP contribution in [0.1, 0.15) is 40.0 Å². The van der Waals surface area contributed by atoms with Crippen LogP contribution in [-0.4, -0.2) is 16.7 Å². The maximum absolute atomic E-state index is 11.6. The Morgan fingerprint density at radius 1 is 1.15 bits per heavy atom. The van der Waals surface area contributed by atoms with Gasteiger partial charge in [-0.25, -0.2) is 4.99 Å². The number of hydrogen-bond donors (Lipinski definition) is 0. The van der Waals surface area contributed by atoms with Crippen molar-refractivity contribution in [2.24, 2.45) is 21.7 Å². The highest BCUT2D eigenvalue weighted by molar-refractivity contribution is 7.07. The second-order valence-corrected chi connectivity index (χ2v) is 8.50. The van der Waals surface area contributed by atoms with E-state index in [0.717, 1.165) is 23.4 Å². The molecule has 2 atom stereocenters. The lowest BCUT2D eigenvalue weighted by molar-refractivity contribution is -0.128. The van der Waals surface area contributed by atoms with Gasteiger partial charge >= 0.3 is 0 Å². The van der Waals surface area contributed by atoms with E-state index in [9.17, 15) is 9.59 Å². The van der Waals surface area contributed by atoms with Crippen molar-refractivity contribution in [1.82, 2.24) is 4.98 Å². The van der Waals surface area contributed by atoms with Crippen LogP contribution in [0.5, 0.6) is 0 Å². The van der Waals surface area contributed by atoms with Crippen LogP contribution in [0.4, 0.5) is 0 Å². The van der Waals surface area contributed by atoms with Gasteiger partial charge in [-0.15, -0.1) is 11.3 Å². The standard InChI is InChI=1S/C10H16O.C8H5NO.C3H3NS/c1-9(2)7-4-5-10(9,3)8(11)6-7;10-8-5-6-3-1-2-4-7(6)9-8;1-2-5-3-4-1/h7H,4-6H2,1-3H3;1-5H;1-3H. The summed E-state index contributed by atoms with van der Waals surface area (Å²) in [7, 11) is 0. The summed E-state index contributed by atoms with van der Waals surface area (Å²) in [5, 5.41) is 3.64. The van der Waals surface area contributed by atoms with Crippen molar-refractivity contribution in [3.63, 3.8) is 0 Å². The molecule has 136 valence electrons. The van der Waals surface area contributed by atoms with Crippen LogP contribution in [0.25, 0.3) is 6.08 Å². The fourth-order valence-electron chi connectivity index (χ4n) is 4.07. The number of amides is 1. The lowest BCUT2D eigenvalue weighted by Crippen LogP contribution is -2.32. The second kappa shape index (κ2) is 7.23. The molecule has 2 fully saturated rings. The van der Waals surface area contributed by atoms with Crippen LogP contribution in [0.3, 0.4) is 0 Å². The highest BCUT2D eigenvalue weighted by Crippen LogP contribution is 2.63. The zero-order valence-corrected chi connectivity index (χ0v) is 16.3. The van der Waals surface area contributed by atoms with Crippen LogP contribution in [-0.2, 0) is 9.59 Å². The Bertz CT molecular complexity index is 864. The van der Waals surface area contributed by atoms with Gasteiger partial charge in [-0.1, -0.05) is 39.0 Å². The Morgan fingerprint density at radius 3 is 2.35 bits per heavy atom. The molecule has 0 spiro atoms. The van der Waals surface area contributed by atoms with Gasteiger partial charge in [0.05, 0.1) is 10.9 Å². The van der Waals surface area contributed by atoms with Crippen molar-refractivity contribution in [2.75, 3.05) is 0 Å². The molecule has 2 heterocycles. The van der Waals surface area contributed by atoms with Gasteiger partial charge in [0.1, 0.15) is 5.78 Å². The smallest absolute Gasteiger partial charge is 0.270 e. The number of Topliss-reactive ketones (excluding diaryl/α,β-unsaturated/α-hetero) is 1. The summed E-state index contributed by atoms with van der Waals surface area (Å²) in [5.41, 5.74) is 2.10. The van der Waals surface area contributed by atoms with Crippen LogP contribution >= 0.6 is 11.3 Å². The van der Waals surface area contributed by atoms with Crippen molar-refractivity contribution in [2.45, 2.75) is 40.0 Å². The zero-order valence-electron chi connectivity index (χ0n) is 15.4. The van der Waals surface area contributed by atoms with E-state index in [0.29, 0.717) is 11.7 Å². The molecule has 2 bridgehead atoms. The first-order valence-electron chi connectivity index (χ1n) is 8.89. The molecule has 2 unspecified atom stereocenters. The molecule has 2 aromatic rings. The van der Waals surface area contributed by atoms with E-state index in [1.807, 2.05) is 29.6 Å². The molecule has 0 N–H and O–H groups in total. The van der Waals surface area contributed by atoms with Gasteiger partial charge in [0, 0.05) is 34.7 Å². The maximum atomic E-state index is 11.6. The van der Waals surface area contributed by atoms with E-state index < -0.39 is 0 Å². The molecular formula is C21H24N2O2S. The third-order valence-electron chi connectivity index (χ3n) is 6.28. The van der Waals surface area contributed by atoms with Crippen LogP contribution in [0.2, 0.25) is 0 Å². The number of hydrogen-bond acceptors (Lipinski definition) is 4. The Kier molecular flexibility index (Phi) is 5.19. The molecule has 1 aromatic heterocycles. The number of carbonyl (C=O) groups excluding carboxylic acids is 2. The van der Waals surface area contributed by atoms with Crippen LogP contribution in [0.15, 0.2) is 46.3 Å². The summed E-state index contributed by atoms with van der Waals surface area (Å²) in [6.45, 7) is 6.67. The van der Waals surface area contributed by atoms with Gasteiger partial charge < -0.3 is 0 Å². The summed E-state index contributed by atoms with van der Waals surface area (Å²) >= 11 is 1.60. The van der Waals surface area contributed by atoms with Gasteiger partial charge in [-0.3, -0.25) is 14.6 Å². The van der Waals surface area contributed by atoms with E-state index >= 15 is 0 Å². The Balaban J connectivity index is 0.000000121. The zero-order chi connectivity index (χ0) is 18.8. The van der Waals surface area contributed by atoms with Gasteiger partial charge in [-0.2, -0.15) is 0 Å². The van der Waals surface area contributed by atoms with E-state index in [-0.39, 0.29) is 16.7 Å². The first-order chi connectivity index (χ1) is 12.3. The summed E-state index contributed by atoms with van der Waals surface area (Å²) in [4.78, 5) is 29.7. The number of aromatic nitrogens is 1. The van der Waals surface area contributed by atoms with Crippen molar-refractivity contribution >= 4 is 29.1 Å². The topological polar surface area (TPSA) is 59.4 Å². The number of ketones is 1. The van der Waals surface area contributed by atoms with Crippen molar-refractivity contribution in [3.05, 3.63) is 51.9 Å². The lowest BCUT2D eigenvalue weighted by atomic mass is 9.70. The van der Waals surface area contributed by atoms with Gasteiger partial charge in [0.25, 0.3) is 5.91 Å². The minimum atomic E-state index is -0.152. The first-order valence-corrected chi connectivity index (χ1v) is 9.84. The molecule has 2 aliphatic carbocycles. The molecule has 26 heavy (non-hydrogen) atoms. The normalized spacial score (nSPS) is 26.7. The summed E-state index contributed by atoms with van der Waals surface area (Å²) in [6, 6.07) is 7.47. The highest BCUT2D eigenvalue weighted by atomic mass is 32.1. The molecular weight excluding hydrogens is 344 g/mol. The fraction of sp³-hybridized carbons (Fsp3) is 0.429. The van der Waals surface area contributed by atoms with Crippen LogP contribution < -0.4 is 10.6 Å². The first kappa shape index (κ1) is 18.6. The molecule has 1 aliphatic heterocycles. The molecule has 3 aliphatic rings. The van der Waals surface area contributed by atoms with E-state index in [2.05, 4.69) is 30.7 Å². The van der Waals surface area contributed by atoms with Crippen molar-refractivity contribution in [1.29, 1.82) is 0 Å². The van der Waals surface area contributed by atoms with Crippen LogP contribution in [0, 0.1) is 16.7 Å². The quantitative estimate of drug-likeness (QED) is 0.718. The maximum Gasteiger partial charge on any atom is 0.270 e. The van der Waals surface area contributed by atoms with Gasteiger partial charge in [0.2, 0.25) is 0 Å². The number of para-hydroxylation sites is 1. The fourth-order valence-corrected chi connectivity index (χ4v) is 4.42. The van der Waals surface area contributed by atoms with E-state index in [1.54, 1.807) is 23.0 Å². The minimum absolute atomic E-state index is 0.0255. The Labute approximate surface area is 157 Å². The molecule has 5 heteroatoms. The van der Waals surface area contributed by atoms with E-state index in [4.69, 9.17) is 0 Å². The monoisotopic (exact) mass is 368 g/mol. The average molecular weight is 369 g/mol. The minimum Gasteiger partial charge on any atom is -0.299 e. The molecule has 4 nitrogen and oxygen atoms in total. The molecule has 0 radical (unpaired) electrons. The molecule has 2 saturated carbocycles. The largest absolute Gasteiger partial charge is 0.299 e. The summed E-state index contributed by atoms with van der Waals surface area (Å²) in [6.07, 6.45) is 6.56. The van der Waals surface area contributed by atoms with Crippen molar-refractivity contribution in [3.8, 4) is 0 Å². The van der Waals surface area contributed by atoms with E-state index in [1.165, 1.54) is 12.5 Å².